The van der Waals surface area contributed by atoms with Gasteiger partial charge in [-0.2, -0.15) is 9.50 Å². The van der Waals surface area contributed by atoms with Crippen molar-refractivity contribution < 1.29 is 0 Å². The molecule has 112 valence electrons. The topological polar surface area (TPSA) is 63.1 Å². The molecule has 22 heavy (non-hydrogen) atoms. The van der Waals surface area contributed by atoms with Crippen LogP contribution in [-0.4, -0.2) is 19.6 Å². The predicted octanol–water partition coefficient (Wildman–Crippen LogP) is 2.20. The maximum atomic E-state index is 12.5. The van der Waals surface area contributed by atoms with Crippen LogP contribution in [0.15, 0.2) is 29.1 Å². The molecule has 4 rings (SSSR count). The lowest BCUT2D eigenvalue weighted by Gasteiger charge is -2.12. The van der Waals surface area contributed by atoms with Crippen LogP contribution in [-0.2, 0) is 19.3 Å². The van der Waals surface area contributed by atoms with Crippen LogP contribution in [0.2, 0.25) is 0 Å². The van der Waals surface area contributed by atoms with Crippen LogP contribution in [0.4, 0.5) is 0 Å². The van der Waals surface area contributed by atoms with Gasteiger partial charge in [0.05, 0.1) is 5.69 Å². The first kappa shape index (κ1) is 13.2. The van der Waals surface area contributed by atoms with Gasteiger partial charge in [0.2, 0.25) is 0 Å². The highest BCUT2D eigenvalue weighted by Gasteiger charge is 2.18. The molecule has 0 radical (unpaired) electrons. The molecule has 1 N–H and O–H groups in total. The number of aromatic nitrogens is 4. The molecule has 0 aliphatic heterocycles. The van der Waals surface area contributed by atoms with E-state index in [1.807, 2.05) is 0 Å². The lowest BCUT2D eigenvalue weighted by molar-refractivity contribution is 0.650. The van der Waals surface area contributed by atoms with E-state index in [0.717, 1.165) is 42.8 Å². The van der Waals surface area contributed by atoms with E-state index in [1.54, 1.807) is 0 Å². The molecular weight excluding hydrogens is 276 g/mol. The first-order valence-corrected chi connectivity index (χ1v) is 7.75. The molecule has 0 amide bonds. The number of benzene rings is 1. The van der Waals surface area contributed by atoms with Gasteiger partial charge in [0.25, 0.3) is 11.3 Å². The van der Waals surface area contributed by atoms with Gasteiger partial charge in [-0.25, -0.2) is 4.98 Å². The molecule has 3 aromatic rings. The molecule has 0 unspecified atom stereocenters. The van der Waals surface area contributed by atoms with Crippen LogP contribution in [0.1, 0.15) is 41.1 Å². The number of hydrogen-bond acceptors (Lipinski definition) is 3. The molecular formula is C17H18N4O. The van der Waals surface area contributed by atoms with Crippen LogP contribution >= 0.6 is 0 Å². The highest BCUT2D eigenvalue weighted by molar-refractivity contribution is 5.34. The van der Waals surface area contributed by atoms with Gasteiger partial charge in [-0.3, -0.25) is 9.89 Å². The molecule has 5 nitrogen and oxygen atoms in total. The molecule has 2 aromatic heterocycles. The fourth-order valence-corrected chi connectivity index (χ4v) is 3.07. The van der Waals surface area contributed by atoms with Crippen molar-refractivity contribution in [3.63, 3.8) is 0 Å². The Labute approximate surface area is 128 Å². The lowest BCUT2D eigenvalue weighted by atomic mass is 9.97. The number of rotatable bonds is 2. The summed E-state index contributed by atoms with van der Waals surface area (Å²) in [6, 6.07) is 8.34. The molecule has 1 aromatic carbocycles. The first-order chi connectivity index (χ1) is 10.7. The van der Waals surface area contributed by atoms with Gasteiger partial charge in [0.1, 0.15) is 5.82 Å². The number of aryl methyl sites for hydroxylation is 2. The third-order valence-electron chi connectivity index (χ3n) is 4.30. The second-order valence-corrected chi connectivity index (χ2v) is 6.02. The molecule has 0 saturated carbocycles. The highest BCUT2D eigenvalue weighted by Crippen LogP contribution is 2.16. The fourth-order valence-electron chi connectivity index (χ4n) is 3.07. The Balaban J connectivity index is 1.75. The molecule has 2 heterocycles. The van der Waals surface area contributed by atoms with Crippen LogP contribution in [0, 0.1) is 6.92 Å². The Hall–Kier alpha value is -2.43. The van der Waals surface area contributed by atoms with E-state index in [0.29, 0.717) is 12.2 Å². The largest absolute Gasteiger partial charge is 0.277 e. The van der Waals surface area contributed by atoms with Gasteiger partial charge >= 0.3 is 0 Å². The lowest BCUT2D eigenvalue weighted by Crippen LogP contribution is -2.25. The second-order valence-electron chi connectivity index (χ2n) is 6.02. The number of nitrogens with zero attached hydrogens (tertiary/aromatic N) is 3. The van der Waals surface area contributed by atoms with Gasteiger partial charge in [0.15, 0.2) is 0 Å². The number of fused-ring (bicyclic) bond motifs is 2. The quantitative estimate of drug-likeness (QED) is 0.788. The van der Waals surface area contributed by atoms with Gasteiger partial charge in [-0.1, -0.05) is 29.8 Å². The van der Waals surface area contributed by atoms with E-state index in [-0.39, 0.29) is 5.56 Å². The summed E-state index contributed by atoms with van der Waals surface area (Å²) in [4.78, 5) is 21.6. The SMILES string of the molecule is Cc1ccc(Cc2nc3nc4c(c(=O)n3[nH]2)CCCC4)cc1. The Morgan fingerprint density at radius 3 is 2.73 bits per heavy atom. The van der Waals surface area contributed by atoms with Gasteiger partial charge in [-0.15, -0.1) is 0 Å². The maximum absolute atomic E-state index is 12.5. The Kier molecular flexibility index (Phi) is 3.06. The number of nitrogens with one attached hydrogen (secondary N) is 1. The molecule has 1 aliphatic rings. The van der Waals surface area contributed by atoms with Crippen molar-refractivity contribution in [1.82, 2.24) is 19.6 Å². The zero-order valence-electron chi connectivity index (χ0n) is 12.6. The molecule has 5 heteroatoms. The summed E-state index contributed by atoms with van der Waals surface area (Å²) in [5.74, 6) is 1.27. The predicted molar refractivity (Wildman–Crippen MR) is 84.2 cm³/mol. The van der Waals surface area contributed by atoms with E-state index in [4.69, 9.17) is 0 Å². The van der Waals surface area contributed by atoms with Crippen LogP contribution in [0.5, 0.6) is 0 Å². The number of hydrogen-bond donors (Lipinski definition) is 1. The first-order valence-electron chi connectivity index (χ1n) is 7.75. The van der Waals surface area contributed by atoms with E-state index in [1.165, 1.54) is 15.6 Å². The molecule has 0 spiro atoms. The van der Waals surface area contributed by atoms with Crippen molar-refractivity contribution in [1.29, 1.82) is 0 Å². The average molecular weight is 294 g/mol. The van der Waals surface area contributed by atoms with Crippen molar-refractivity contribution >= 4 is 5.78 Å². The van der Waals surface area contributed by atoms with E-state index in [9.17, 15) is 4.79 Å². The standard InChI is InChI=1S/C17H18N4O/c1-11-6-8-12(9-7-11)10-15-19-17-18-14-5-3-2-4-13(14)16(22)21(17)20-15/h6-9H,2-5,10H2,1H3,(H,18,19,20). The van der Waals surface area contributed by atoms with Crippen LogP contribution in [0.3, 0.4) is 0 Å². The molecule has 0 bridgehead atoms. The van der Waals surface area contributed by atoms with Crippen molar-refractivity contribution in [2.24, 2.45) is 0 Å². The second kappa shape index (κ2) is 5.09. The van der Waals surface area contributed by atoms with Crippen LogP contribution < -0.4 is 5.56 Å². The third kappa shape index (κ3) is 2.22. The van der Waals surface area contributed by atoms with Gasteiger partial charge in [-0.05, 0) is 38.2 Å². The molecule has 0 fully saturated rings. The summed E-state index contributed by atoms with van der Waals surface area (Å²) in [6.07, 6.45) is 4.57. The maximum Gasteiger partial charge on any atom is 0.277 e. The Morgan fingerprint density at radius 1 is 1.14 bits per heavy atom. The van der Waals surface area contributed by atoms with E-state index >= 15 is 0 Å². The highest BCUT2D eigenvalue weighted by atomic mass is 16.1. The summed E-state index contributed by atoms with van der Waals surface area (Å²) in [6.45, 7) is 2.07. The zero-order chi connectivity index (χ0) is 15.1. The smallest absolute Gasteiger partial charge is 0.275 e. The van der Waals surface area contributed by atoms with Gasteiger partial charge in [0, 0.05) is 12.0 Å². The zero-order valence-corrected chi connectivity index (χ0v) is 12.6. The summed E-state index contributed by atoms with van der Waals surface area (Å²) in [5, 5.41) is 3.11. The van der Waals surface area contributed by atoms with E-state index in [2.05, 4.69) is 46.3 Å². The summed E-state index contributed by atoms with van der Waals surface area (Å²) < 4.78 is 1.49. The molecule has 0 saturated heterocycles. The third-order valence-corrected chi connectivity index (χ3v) is 4.30. The Morgan fingerprint density at radius 2 is 1.91 bits per heavy atom. The summed E-state index contributed by atoms with van der Waals surface area (Å²) >= 11 is 0. The van der Waals surface area contributed by atoms with Crippen molar-refractivity contribution in [3.8, 4) is 0 Å². The average Bonchev–Trinajstić information content (AvgIpc) is 2.93. The Bertz CT molecular complexity index is 889. The summed E-state index contributed by atoms with van der Waals surface area (Å²) in [7, 11) is 0. The summed E-state index contributed by atoms with van der Waals surface area (Å²) in [5.41, 5.74) is 4.21. The number of aromatic amines is 1. The normalized spacial score (nSPS) is 14.2. The molecule has 0 atom stereocenters. The van der Waals surface area contributed by atoms with Gasteiger partial charge < -0.3 is 0 Å². The monoisotopic (exact) mass is 294 g/mol. The van der Waals surface area contributed by atoms with E-state index < -0.39 is 0 Å². The van der Waals surface area contributed by atoms with Crippen LogP contribution in [0.25, 0.3) is 5.78 Å². The number of H-pyrrole nitrogens is 1. The minimum Gasteiger partial charge on any atom is -0.275 e. The minimum atomic E-state index is 0.0161. The molecule has 1 aliphatic carbocycles. The minimum absolute atomic E-state index is 0.0161. The fraction of sp³-hybridized carbons (Fsp3) is 0.353. The van der Waals surface area contributed by atoms with Crippen molar-refractivity contribution in [2.45, 2.75) is 39.0 Å². The van der Waals surface area contributed by atoms with Crippen molar-refractivity contribution in [2.75, 3.05) is 0 Å². The van der Waals surface area contributed by atoms with Crippen molar-refractivity contribution in [3.05, 3.63) is 62.8 Å².